The number of phenols is 1. The highest BCUT2D eigenvalue weighted by Crippen LogP contribution is 2.18. The van der Waals surface area contributed by atoms with Gasteiger partial charge in [-0.3, -0.25) is 0 Å². The Labute approximate surface area is 144 Å². The predicted octanol–water partition coefficient (Wildman–Crippen LogP) is -0.677. The molecule has 0 spiro atoms. The summed E-state index contributed by atoms with van der Waals surface area (Å²) >= 11 is 0. The van der Waals surface area contributed by atoms with Gasteiger partial charge >= 0.3 is 0 Å². The van der Waals surface area contributed by atoms with E-state index >= 15 is 0 Å². The number of nitrogens with two attached hydrogens (primary N) is 1. The first-order valence-electron chi connectivity index (χ1n) is 7.92. The van der Waals surface area contributed by atoms with Gasteiger partial charge in [-0.25, -0.2) is 0 Å². The monoisotopic (exact) mass is 335 g/mol. The third-order valence-corrected chi connectivity index (χ3v) is 4.06. The minimum absolute atomic E-state index is 0. The van der Waals surface area contributed by atoms with Gasteiger partial charge in [-0.2, -0.15) is 0 Å². The van der Waals surface area contributed by atoms with Crippen molar-refractivity contribution >= 4 is 0 Å². The van der Waals surface area contributed by atoms with E-state index < -0.39 is 6.10 Å². The van der Waals surface area contributed by atoms with Crippen molar-refractivity contribution < 1.29 is 27.9 Å². The Morgan fingerprint density at radius 2 is 1.61 bits per heavy atom. The normalized spacial score (nSPS) is 13.2. The summed E-state index contributed by atoms with van der Waals surface area (Å²) in [7, 11) is 0. The number of aryl methyl sites for hydroxylation is 2. The molecule has 0 amide bonds. The summed E-state index contributed by atoms with van der Waals surface area (Å²) in [5, 5.41) is 21.8. The Morgan fingerprint density at radius 1 is 1.00 bits per heavy atom. The maximum absolute atomic E-state index is 10.3. The lowest BCUT2D eigenvalue weighted by Gasteiger charge is -2.18. The van der Waals surface area contributed by atoms with E-state index in [-0.39, 0.29) is 24.2 Å². The molecule has 23 heavy (non-hydrogen) atoms. The third-order valence-electron chi connectivity index (χ3n) is 4.06. The summed E-state index contributed by atoms with van der Waals surface area (Å²) in [6.07, 6.45) is 1.65. The molecule has 0 bridgehead atoms. The van der Waals surface area contributed by atoms with E-state index in [0.29, 0.717) is 0 Å². The number of aliphatic hydroxyl groups is 1. The van der Waals surface area contributed by atoms with E-state index in [4.69, 9.17) is 0 Å². The number of aromatic hydroxyl groups is 1. The summed E-state index contributed by atoms with van der Waals surface area (Å²) in [5.74, 6) is 0.227. The van der Waals surface area contributed by atoms with Crippen LogP contribution in [-0.4, -0.2) is 22.8 Å². The molecule has 0 radical (unpaired) electrons. The van der Waals surface area contributed by atoms with Crippen LogP contribution in [0.1, 0.15) is 36.1 Å². The van der Waals surface area contributed by atoms with Crippen molar-refractivity contribution in [1.82, 2.24) is 0 Å². The van der Waals surface area contributed by atoms with Crippen molar-refractivity contribution in [3.05, 3.63) is 65.2 Å². The van der Waals surface area contributed by atoms with Crippen molar-refractivity contribution in [1.29, 1.82) is 0 Å². The molecule has 0 saturated carbocycles. The molecule has 0 aliphatic heterocycles. The number of halogens is 1. The van der Waals surface area contributed by atoms with Crippen LogP contribution in [0, 0.1) is 6.92 Å². The second kappa shape index (κ2) is 9.56. The predicted molar refractivity (Wildman–Crippen MR) is 88.8 cm³/mol. The van der Waals surface area contributed by atoms with E-state index in [9.17, 15) is 10.2 Å². The topological polar surface area (TPSA) is 57.1 Å². The molecule has 0 aromatic heterocycles. The van der Waals surface area contributed by atoms with Gasteiger partial charge in [-0.05, 0) is 43.5 Å². The average molecular weight is 336 g/mol. The molecule has 4 N–H and O–H groups in total. The molecule has 126 valence electrons. The van der Waals surface area contributed by atoms with Gasteiger partial charge in [0.05, 0.1) is 6.54 Å². The van der Waals surface area contributed by atoms with Gasteiger partial charge in [-0.15, -0.1) is 0 Å². The quantitative estimate of drug-likeness (QED) is 0.587. The fourth-order valence-corrected chi connectivity index (χ4v) is 2.55. The van der Waals surface area contributed by atoms with Crippen LogP contribution in [0.2, 0.25) is 0 Å². The molecule has 0 heterocycles. The highest BCUT2D eigenvalue weighted by atomic mass is 35.5. The number of rotatable bonds is 7. The molecule has 4 heteroatoms. The SMILES string of the molecule is Cc1ccc(CCC[NH2+]C(C)C(O)c2ccc(O)cc2)cc1.[Cl-]. The highest BCUT2D eigenvalue weighted by Gasteiger charge is 2.18. The van der Waals surface area contributed by atoms with Crippen LogP contribution in [0.25, 0.3) is 0 Å². The molecular formula is C19H26ClNO2. The van der Waals surface area contributed by atoms with Crippen LogP contribution in [0.15, 0.2) is 48.5 Å². The maximum atomic E-state index is 10.3. The standard InChI is InChI=1S/C19H25NO2.ClH/c1-14-5-7-16(8-6-14)4-3-13-20-15(2)19(22)17-9-11-18(21)12-10-17;/h5-12,15,19-22H,3-4,13H2,1-2H3;1H. The van der Waals surface area contributed by atoms with Crippen molar-refractivity contribution in [2.24, 2.45) is 0 Å². The molecule has 3 nitrogen and oxygen atoms in total. The van der Waals surface area contributed by atoms with Crippen LogP contribution in [-0.2, 0) is 6.42 Å². The van der Waals surface area contributed by atoms with Crippen LogP contribution in [0.3, 0.4) is 0 Å². The Kier molecular flexibility index (Phi) is 8.10. The molecule has 2 unspecified atom stereocenters. The number of hydrogen-bond acceptors (Lipinski definition) is 2. The maximum Gasteiger partial charge on any atom is 0.130 e. The first-order chi connectivity index (χ1) is 10.6. The summed E-state index contributed by atoms with van der Waals surface area (Å²) in [6, 6.07) is 15.5. The third kappa shape index (κ3) is 6.22. The van der Waals surface area contributed by atoms with Gasteiger partial charge in [0.25, 0.3) is 0 Å². The van der Waals surface area contributed by atoms with Crippen LogP contribution in [0.4, 0.5) is 0 Å². The van der Waals surface area contributed by atoms with Gasteiger partial charge in [0.15, 0.2) is 0 Å². The summed E-state index contributed by atoms with van der Waals surface area (Å²) in [5.41, 5.74) is 3.51. The smallest absolute Gasteiger partial charge is 0.130 e. The average Bonchev–Trinajstić information content (AvgIpc) is 2.53. The van der Waals surface area contributed by atoms with Gasteiger partial charge in [0.1, 0.15) is 17.9 Å². The molecule has 2 aromatic rings. The highest BCUT2D eigenvalue weighted by molar-refractivity contribution is 5.27. The largest absolute Gasteiger partial charge is 1.00 e. The van der Waals surface area contributed by atoms with E-state index in [0.717, 1.165) is 24.9 Å². The van der Waals surface area contributed by atoms with Crippen molar-refractivity contribution in [2.75, 3.05) is 6.54 Å². The molecule has 2 aromatic carbocycles. The zero-order chi connectivity index (χ0) is 15.9. The second-order valence-corrected chi connectivity index (χ2v) is 6.01. The van der Waals surface area contributed by atoms with E-state index in [2.05, 4.69) is 36.5 Å². The van der Waals surface area contributed by atoms with Gasteiger partial charge in [-0.1, -0.05) is 42.0 Å². The van der Waals surface area contributed by atoms with Gasteiger partial charge in [0.2, 0.25) is 0 Å². The Bertz CT molecular complexity index is 569. The van der Waals surface area contributed by atoms with Crippen LogP contribution < -0.4 is 17.7 Å². The summed E-state index contributed by atoms with van der Waals surface area (Å²) in [6.45, 7) is 5.12. The van der Waals surface area contributed by atoms with E-state index in [1.54, 1.807) is 24.3 Å². The zero-order valence-corrected chi connectivity index (χ0v) is 14.5. The van der Waals surface area contributed by atoms with Gasteiger partial charge in [0, 0.05) is 6.42 Å². The minimum atomic E-state index is -0.514. The lowest BCUT2D eigenvalue weighted by atomic mass is 10.0. The molecular weight excluding hydrogens is 310 g/mol. The van der Waals surface area contributed by atoms with Gasteiger partial charge < -0.3 is 27.9 Å². The van der Waals surface area contributed by atoms with Crippen molar-refractivity contribution in [3.63, 3.8) is 0 Å². The number of aliphatic hydroxyl groups excluding tert-OH is 1. The lowest BCUT2D eigenvalue weighted by molar-refractivity contribution is -0.694. The Balaban J connectivity index is 0.00000264. The van der Waals surface area contributed by atoms with Crippen LogP contribution >= 0.6 is 0 Å². The fourth-order valence-electron chi connectivity index (χ4n) is 2.55. The number of quaternary nitrogens is 1. The molecule has 0 fully saturated rings. The Morgan fingerprint density at radius 3 is 2.22 bits per heavy atom. The molecule has 2 atom stereocenters. The second-order valence-electron chi connectivity index (χ2n) is 6.01. The lowest BCUT2D eigenvalue weighted by Crippen LogP contribution is -3.00. The first kappa shape index (κ1) is 19.5. The fraction of sp³-hybridized carbons (Fsp3) is 0.368. The summed E-state index contributed by atoms with van der Waals surface area (Å²) in [4.78, 5) is 0. The number of benzene rings is 2. The summed E-state index contributed by atoms with van der Waals surface area (Å²) < 4.78 is 0. The Hall–Kier alpha value is -1.55. The van der Waals surface area contributed by atoms with Crippen LogP contribution in [0.5, 0.6) is 5.75 Å². The number of hydrogen-bond donors (Lipinski definition) is 3. The van der Waals surface area contributed by atoms with Crippen molar-refractivity contribution in [3.8, 4) is 5.75 Å². The van der Waals surface area contributed by atoms with E-state index in [1.165, 1.54) is 11.1 Å². The van der Waals surface area contributed by atoms with E-state index in [1.807, 2.05) is 6.92 Å². The number of phenolic OH excluding ortho intramolecular Hbond substituents is 1. The zero-order valence-electron chi connectivity index (χ0n) is 13.7. The van der Waals surface area contributed by atoms with Crippen molar-refractivity contribution in [2.45, 2.75) is 38.8 Å². The molecule has 0 aliphatic carbocycles. The molecule has 2 rings (SSSR count). The molecule has 0 saturated heterocycles. The first-order valence-corrected chi connectivity index (χ1v) is 7.92. The minimum Gasteiger partial charge on any atom is -1.00 e. The molecule has 0 aliphatic rings.